The Labute approximate surface area is 152 Å². The van der Waals surface area contributed by atoms with Gasteiger partial charge in [-0.1, -0.05) is 24.3 Å². The Kier molecular flexibility index (Phi) is 3.02. The van der Waals surface area contributed by atoms with Crippen molar-refractivity contribution in [2.24, 2.45) is 11.8 Å². The minimum absolute atomic E-state index is 0.0467. The molecular weight excluding hydrogens is 326 g/mol. The minimum Gasteiger partial charge on any atom is -0.338 e. The van der Waals surface area contributed by atoms with Crippen LogP contribution in [0.15, 0.2) is 24.3 Å². The van der Waals surface area contributed by atoms with E-state index < -0.39 is 0 Å². The number of carbonyl (C=O) groups excluding carboxylic acids is 1. The first-order valence-electron chi connectivity index (χ1n) is 9.82. The molecule has 2 heterocycles. The molecule has 26 heavy (non-hydrogen) atoms. The van der Waals surface area contributed by atoms with Crippen molar-refractivity contribution in [3.05, 3.63) is 47.0 Å². The van der Waals surface area contributed by atoms with Crippen LogP contribution in [0.4, 0.5) is 4.79 Å². The largest absolute Gasteiger partial charge is 0.338 e. The molecule has 3 unspecified atom stereocenters. The van der Waals surface area contributed by atoms with E-state index in [9.17, 15) is 4.79 Å². The van der Waals surface area contributed by atoms with Crippen molar-refractivity contribution >= 4 is 6.03 Å². The van der Waals surface area contributed by atoms with Crippen LogP contribution in [0.2, 0.25) is 0 Å². The highest BCUT2D eigenvalue weighted by atomic mass is 16.2. The van der Waals surface area contributed by atoms with Crippen molar-refractivity contribution in [3.63, 3.8) is 0 Å². The number of hydrogen-bond donors (Lipinski definition) is 1. The second-order valence-electron chi connectivity index (χ2n) is 8.26. The summed E-state index contributed by atoms with van der Waals surface area (Å²) in [7, 11) is 0. The summed E-state index contributed by atoms with van der Waals surface area (Å²) in [6.45, 7) is 2.94. The average Bonchev–Trinajstić information content (AvgIpc) is 3.55. The highest BCUT2D eigenvalue weighted by Crippen LogP contribution is 2.60. The van der Waals surface area contributed by atoms with Gasteiger partial charge in [-0.25, -0.2) is 4.79 Å². The molecule has 6 nitrogen and oxygen atoms in total. The Morgan fingerprint density at radius 3 is 2.96 bits per heavy atom. The first kappa shape index (κ1) is 14.8. The zero-order valence-corrected chi connectivity index (χ0v) is 14.8. The number of amides is 2. The van der Waals surface area contributed by atoms with Crippen LogP contribution in [-0.4, -0.2) is 38.8 Å². The molecule has 2 fully saturated rings. The van der Waals surface area contributed by atoms with Crippen LogP contribution in [0.25, 0.3) is 0 Å². The molecule has 134 valence electrons. The topological polar surface area (TPSA) is 63.1 Å². The zero-order valence-electron chi connectivity index (χ0n) is 14.8. The monoisotopic (exact) mass is 349 g/mol. The van der Waals surface area contributed by atoms with E-state index in [1.165, 1.54) is 30.4 Å². The van der Waals surface area contributed by atoms with Crippen molar-refractivity contribution in [2.75, 3.05) is 13.1 Å². The first-order valence-corrected chi connectivity index (χ1v) is 9.82. The molecule has 2 aromatic rings. The molecule has 1 aliphatic heterocycles. The molecule has 0 radical (unpaired) electrons. The van der Waals surface area contributed by atoms with E-state index in [4.69, 9.17) is 0 Å². The molecule has 6 heteroatoms. The van der Waals surface area contributed by atoms with E-state index in [0.717, 1.165) is 37.2 Å². The molecule has 4 aliphatic rings. The van der Waals surface area contributed by atoms with E-state index in [-0.39, 0.29) is 6.03 Å². The summed E-state index contributed by atoms with van der Waals surface area (Å²) in [5, 5.41) is 11.8. The SMILES string of the molecule is O=C(NCC1C2Cc3ccccc3C12)N1CCn2c(nnc2C2CC2)C1. The number of carbonyl (C=O) groups is 1. The second-order valence-corrected chi connectivity index (χ2v) is 8.26. The maximum Gasteiger partial charge on any atom is 0.317 e. The Morgan fingerprint density at radius 2 is 2.08 bits per heavy atom. The predicted molar refractivity (Wildman–Crippen MR) is 95.7 cm³/mol. The predicted octanol–water partition coefficient (Wildman–Crippen LogP) is 2.27. The minimum atomic E-state index is 0.0467. The van der Waals surface area contributed by atoms with Crippen LogP contribution >= 0.6 is 0 Å². The van der Waals surface area contributed by atoms with Gasteiger partial charge in [0.15, 0.2) is 5.82 Å². The third-order valence-corrected chi connectivity index (χ3v) is 6.70. The van der Waals surface area contributed by atoms with Crippen molar-refractivity contribution < 1.29 is 4.79 Å². The summed E-state index contributed by atoms with van der Waals surface area (Å²) < 4.78 is 2.23. The van der Waals surface area contributed by atoms with Crippen molar-refractivity contribution in [3.8, 4) is 0 Å². The van der Waals surface area contributed by atoms with Crippen LogP contribution < -0.4 is 5.32 Å². The molecule has 0 bridgehead atoms. The fourth-order valence-corrected chi connectivity index (χ4v) is 5.08. The zero-order chi connectivity index (χ0) is 17.3. The molecule has 2 saturated carbocycles. The molecule has 3 atom stereocenters. The number of urea groups is 1. The van der Waals surface area contributed by atoms with Gasteiger partial charge in [0.1, 0.15) is 5.82 Å². The smallest absolute Gasteiger partial charge is 0.317 e. The summed E-state index contributed by atoms with van der Waals surface area (Å²) in [5.74, 6) is 4.68. The van der Waals surface area contributed by atoms with Crippen LogP contribution in [0, 0.1) is 11.8 Å². The lowest BCUT2D eigenvalue weighted by Gasteiger charge is -2.28. The van der Waals surface area contributed by atoms with Gasteiger partial charge in [0.2, 0.25) is 0 Å². The fourth-order valence-electron chi connectivity index (χ4n) is 5.08. The molecule has 0 spiro atoms. The molecule has 1 aromatic heterocycles. The van der Waals surface area contributed by atoms with E-state index in [2.05, 4.69) is 44.3 Å². The van der Waals surface area contributed by atoms with E-state index in [1.807, 2.05) is 4.90 Å². The van der Waals surface area contributed by atoms with Crippen LogP contribution in [0.5, 0.6) is 0 Å². The van der Waals surface area contributed by atoms with Gasteiger partial charge in [-0.2, -0.15) is 0 Å². The van der Waals surface area contributed by atoms with Gasteiger partial charge in [-0.05, 0) is 48.1 Å². The third kappa shape index (κ3) is 2.20. The second kappa shape index (κ2) is 5.32. The van der Waals surface area contributed by atoms with Gasteiger partial charge >= 0.3 is 6.03 Å². The molecule has 3 aliphatic carbocycles. The summed E-state index contributed by atoms with van der Waals surface area (Å²) in [4.78, 5) is 14.5. The maximum absolute atomic E-state index is 12.6. The molecule has 1 aromatic carbocycles. The van der Waals surface area contributed by atoms with Gasteiger partial charge in [-0.3, -0.25) is 0 Å². The number of aromatic nitrogens is 3. The summed E-state index contributed by atoms with van der Waals surface area (Å²) in [5.41, 5.74) is 3.02. The fraction of sp³-hybridized carbons (Fsp3) is 0.550. The van der Waals surface area contributed by atoms with Gasteiger partial charge in [-0.15, -0.1) is 10.2 Å². The lowest BCUT2D eigenvalue weighted by atomic mass is 10.0. The van der Waals surface area contributed by atoms with Crippen LogP contribution in [-0.2, 0) is 19.5 Å². The van der Waals surface area contributed by atoms with Crippen molar-refractivity contribution in [1.82, 2.24) is 25.0 Å². The maximum atomic E-state index is 12.6. The van der Waals surface area contributed by atoms with E-state index >= 15 is 0 Å². The number of rotatable bonds is 3. The van der Waals surface area contributed by atoms with Gasteiger partial charge in [0.05, 0.1) is 6.54 Å². The van der Waals surface area contributed by atoms with Crippen LogP contribution in [0.1, 0.15) is 47.5 Å². The normalized spacial score (nSPS) is 28.3. The summed E-state index contributed by atoms with van der Waals surface area (Å²) in [6, 6.07) is 8.82. The lowest BCUT2D eigenvalue weighted by Crippen LogP contribution is -2.45. The molecule has 6 rings (SSSR count). The molecule has 1 N–H and O–H groups in total. The highest BCUT2D eigenvalue weighted by molar-refractivity contribution is 5.74. The first-order chi connectivity index (χ1) is 12.8. The standard InChI is InChI=1S/C20H23N5O/c26-20(21-10-16-15-9-13-3-1-2-4-14(13)18(15)16)24-7-8-25-17(11-24)22-23-19(25)12-5-6-12/h1-4,12,15-16,18H,5-11H2,(H,21,26). The quantitative estimate of drug-likeness (QED) is 0.925. The summed E-state index contributed by atoms with van der Waals surface area (Å²) >= 11 is 0. The molecular formula is C20H23N5O. The highest BCUT2D eigenvalue weighted by Gasteiger charge is 2.55. The van der Waals surface area contributed by atoms with E-state index in [1.54, 1.807) is 0 Å². The number of benzene rings is 1. The average molecular weight is 349 g/mol. The Morgan fingerprint density at radius 1 is 1.19 bits per heavy atom. The number of fused-ring (bicyclic) bond motifs is 4. The van der Waals surface area contributed by atoms with Gasteiger partial charge in [0.25, 0.3) is 0 Å². The Balaban J connectivity index is 1.07. The third-order valence-electron chi connectivity index (χ3n) is 6.70. The van der Waals surface area contributed by atoms with Crippen molar-refractivity contribution in [2.45, 2.75) is 44.2 Å². The number of nitrogens with zero attached hydrogens (tertiary/aromatic N) is 4. The number of hydrogen-bond acceptors (Lipinski definition) is 3. The van der Waals surface area contributed by atoms with E-state index in [0.29, 0.717) is 24.3 Å². The van der Waals surface area contributed by atoms with Crippen LogP contribution in [0.3, 0.4) is 0 Å². The van der Waals surface area contributed by atoms with Gasteiger partial charge in [0, 0.05) is 25.6 Å². The lowest BCUT2D eigenvalue weighted by molar-refractivity contribution is 0.181. The summed E-state index contributed by atoms with van der Waals surface area (Å²) in [6.07, 6.45) is 3.64. The molecule has 2 amide bonds. The number of nitrogens with one attached hydrogen (secondary N) is 1. The Hall–Kier alpha value is -2.37. The Bertz CT molecular complexity index is 886. The van der Waals surface area contributed by atoms with Gasteiger partial charge < -0.3 is 14.8 Å². The van der Waals surface area contributed by atoms with Crippen molar-refractivity contribution in [1.29, 1.82) is 0 Å². The molecule has 0 saturated heterocycles.